The number of hydrogen-bond acceptors (Lipinski definition) is 3. The molecule has 2 nitrogen and oxygen atoms in total. The van der Waals surface area contributed by atoms with Crippen molar-refractivity contribution in [2.75, 3.05) is 26.2 Å². The van der Waals surface area contributed by atoms with Gasteiger partial charge >= 0.3 is 0 Å². The highest BCUT2D eigenvalue weighted by molar-refractivity contribution is 7.07. The number of thiophene rings is 1. The number of hydrogen-bond donors (Lipinski definition) is 1. The highest BCUT2D eigenvalue weighted by atomic mass is 32.1. The standard InChI is InChI=1S/C14H24N2S/c1-2-3-4-5-14(13-6-11-17-12-13)16-9-7-15-8-10-16/h6,11-12,14-15H,2-5,7-10H2,1H3/t14-/m0/s1. The highest BCUT2D eigenvalue weighted by Gasteiger charge is 2.21. The summed E-state index contributed by atoms with van der Waals surface area (Å²) in [5.41, 5.74) is 1.54. The molecule has 0 bridgehead atoms. The Morgan fingerprint density at radius 2 is 2.18 bits per heavy atom. The molecule has 2 heterocycles. The monoisotopic (exact) mass is 252 g/mol. The van der Waals surface area contributed by atoms with Gasteiger partial charge in [0.25, 0.3) is 0 Å². The van der Waals surface area contributed by atoms with E-state index in [1.54, 1.807) is 0 Å². The predicted molar refractivity (Wildman–Crippen MR) is 75.6 cm³/mol. The topological polar surface area (TPSA) is 15.3 Å². The van der Waals surface area contributed by atoms with Gasteiger partial charge in [-0.15, -0.1) is 0 Å². The largest absolute Gasteiger partial charge is 0.314 e. The number of piperazine rings is 1. The first-order valence-electron chi connectivity index (χ1n) is 6.88. The van der Waals surface area contributed by atoms with Gasteiger partial charge in [0.15, 0.2) is 0 Å². The van der Waals surface area contributed by atoms with Crippen molar-refractivity contribution in [3.8, 4) is 0 Å². The summed E-state index contributed by atoms with van der Waals surface area (Å²) in [5.74, 6) is 0. The van der Waals surface area contributed by atoms with Crippen molar-refractivity contribution >= 4 is 11.3 Å². The molecular formula is C14H24N2S. The van der Waals surface area contributed by atoms with E-state index in [2.05, 4.69) is 34.0 Å². The van der Waals surface area contributed by atoms with Crippen molar-refractivity contribution in [3.63, 3.8) is 0 Å². The van der Waals surface area contributed by atoms with Crippen LogP contribution in [0.2, 0.25) is 0 Å². The van der Waals surface area contributed by atoms with E-state index in [0.29, 0.717) is 6.04 Å². The van der Waals surface area contributed by atoms with E-state index in [0.717, 1.165) is 13.1 Å². The summed E-state index contributed by atoms with van der Waals surface area (Å²) in [4.78, 5) is 2.66. The summed E-state index contributed by atoms with van der Waals surface area (Å²) in [6, 6.07) is 2.97. The van der Waals surface area contributed by atoms with Gasteiger partial charge in [-0.2, -0.15) is 11.3 Å². The third-order valence-corrected chi connectivity index (χ3v) is 4.30. The van der Waals surface area contributed by atoms with Crippen LogP contribution in [0.15, 0.2) is 16.8 Å². The van der Waals surface area contributed by atoms with Gasteiger partial charge in [-0.05, 0) is 28.8 Å². The molecule has 1 aromatic rings. The fourth-order valence-electron chi connectivity index (χ4n) is 2.61. The van der Waals surface area contributed by atoms with Crippen molar-refractivity contribution in [3.05, 3.63) is 22.4 Å². The summed E-state index contributed by atoms with van der Waals surface area (Å²) in [7, 11) is 0. The Morgan fingerprint density at radius 3 is 2.82 bits per heavy atom. The van der Waals surface area contributed by atoms with E-state index >= 15 is 0 Å². The van der Waals surface area contributed by atoms with Gasteiger partial charge in [0.1, 0.15) is 0 Å². The molecule has 0 aliphatic carbocycles. The lowest BCUT2D eigenvalue weighted by Gasteiger charge is -2.34. The lowest BCUT2D eigenvalue weighted by Crippen LogP contribution is -2.45. The van der Waals surface area contributed by atoms with Gasteiger partial charge in [0, 0.05) is 32.2 Å². The Balaban J connectivity index is 1.96. The van der Waals surface area contributed by atoms with E-state index < -0.39 is 0 Å². The molecule has 2 rings (SSSR count). The van der Waals surface area contributed by atoms with Crippen LogP contribution in [0, 0.1) is 0 Å². The predicted octanol–water partition coefficient (Wildman–Crippen LogP) is 3.27. The lowest BCUT2D eigenvalue weighted by atomic mass is 10.0. The van der Waals surface area contributed by atoms with Crippen molar-refractivity contribution in [2.24, 2.45) is 0 Å². The Labute approximate surface area is 109 Å². The van der Waals surface area contributed by atoms with Crippen LogP contribution < -0.4 is 5.32 Å². The zero-order valence-corrected chi connectivity index (χ0v) is 11.6. The maximum absolute atomic E-state index is 3.44. The molecule has 1 aliphatic heterocycles. The van der Waals surface area contributed by atoms with E-state index in [9.17, 15) is 0 Å². The Morgan fingerprint density at radius 1 is 1.35 bits per heavy atom. The minimum absolute atomic E-state index is 0.662. The summed E-state index contributed by atoms with van der Waals surface area (Å²) in [6.45, 7) is 6.98. The highest BCUT2D eigenvalue weighted by Crippen LogP contribution is 2.28. The molecule has 0 saturated carbocycles. The van der Waals surface area contributed by atoms with Crippen LogP contribution in [0.5, 0.6) is 0 Å². The van der Waals surface area contributed by atoms with Gasteiger partial charge in [0.05, 0.1) is 0 Å². The second-order valence-corrected chi connectivity index (χ2v) is 5.63. The number of nitrogens with zero attached hydrogens (tertiary/aromatic N) is 1. The molecule has 0 amide bonds. The van der Waals surface area contributed by atoms with Gasteiger partial charge in [-0.25, -0.2) is 0 Å². The van der Waals surface area contributed by atoms with Gasteiger partial charge in [0.2, 0.25) is 0 Å². The van der Waals surface area contributed by atoms with Crippen LogP contribution in [-0.2, 0) is 0 Å². The zero-order valence-electron chi connectivity index (χ0n) is 10.8. The smallest absolute Gasteiger partial charge is 0.0357 e. The second kappa shape index (κ2) is 7.14. The average Bonchev–Trinajstić information content (AvgIpc) is 2.89. The third kappa shape index (κ3) is 3.80. The molecule has 0 unspecified atom stereocenters. The van der Waals surface area contributed by atoms with E-state index in [1.807, 2.05) is 11.3 Å². The maximum Gasteiger partial charge on any atom is 0.0357 e. The van der Waals surface area contributed by atoms with Crippen LogP contribution >= 0.6 is 11.3 Å². The normalized spacial score (nSPS) is 19.4. The van der Waals surface area contributed by atoms with Crippen LogP contribution in [0.3, 0.4) is 0 Å². The first-order chi connectivity index (χ1) is 8.42. The van der Waals surface area contributed by atoms with Crippen LogP contribution in [0.1, 0.15) is 44.2 Å². The van der Waals surface area contributed by atoms with Gasteiger partial charge in [-0.3, -0.25) is 4.90 Å². The molecule has 1 fully saturated rings. The summed E-state index contributed by atoms with van der Waals surface area (Å²) >= 11 is 1.83. The number of unbranched alkanes of at least 4 members (excludes halogenated alkanes) is 2. The van der Waals surface area contributed by atoms with Gasteiger partial charge in [-0.1, -0.05) is 26.2 Å². The number of rotatable bonds is 6. The first-order valence-corrected chi connectivity index (χ1v) is 7.83. The first kappa shape index (κ1) is 13.1. The quantitative estimate of drug-likeness (QED) is 0.782. The minimum Gasteiger partial charge on any atom is -0.314 e. The molecule has 1 aliphatic rings. The van der Waals surface area contributed by atoms with E-state index in [1.165, 1.54) is 44.3 Å². The minimum atomic E-state index is 0.662. The molecule has 17 heavy (non-hydrogen) atoms. The Bertz CT molecular complexity index is 291. The molecule has 96 valence electrons. The van der Waals surface area contributed by atoms with Crippen LogP contribution in [0.25, 0.3) is 0 Å². The van der Waals surface area contributed by atoms with Crippen molar-refractivity contribution in [1.82, 2.24) is 10.2 Å². The van der Waals surface area contributed by atoms with E-state index in [-0.39, 0.29) is 0 Å². The average molecular weight is 252 g/mol. The molecular weight excluding hydrogens is 228 g/mol. The Kier molecular flexibility index (Phi) is 5.49. The van der Waals surface area contributed by atoms with Gasteiger partial charge < -0.3 is 5.32 Å². The van der Waals surface area contributed by atoms with E-state index in [4.69, 9.17) is 0 Å². The third-order valence-electron chi connectivity index (χ3n) is 3.60. The fraction of sp³-hybridized carbons (Fsp3) is 0.714. The summed E-state index contributed by atoms with van der Waals surface area (Å²) < 4.78 is 0. The summed E-state index contributed by atoms with van der Waals surface area (Å²) in [5, 5.41) is 7.99. The molecule has 0 spiro atoms. The van der Waals surface area contributed by atoms with Crippen molar-refractivity contribution < 1.29 is 0 Å². The van der Waals surface area contributed by atoms with Crippen LogP contribution in [-0.4, -0.2) is 31.1 Å². The fourth-order valence-corrected chi connectivity index (χ4v) is 3.31. The van der Waals surface area contributed by atoms with Crippen molar-refractivity contribution in [2.45, 2.75) is 38.6 Å². The summed E-state index contributed by atoms with van der Waals surface area (Å²) in [6.07, 6.45) is 5.37. The molecule has 1 aromatic heterocycles. The maximum atomic E-state index is 3.44. The van der Waals surface area contributed by atoms with Crippen molar-refractivity contribution in [1.29, 1.82) is 0 Å². The molecule has 0 radical (unpaired) electrons. The lowest BCUT2D eigenvalue weighted by molar-refractivity contribution is 0.163. The molecule has 3 heteroatoms. The molecule has 1 saturated heterocycles. The SMILES string of the molecule is CCCCC[C@@H](c1ccsc1)N1CCNCC1. The zero-order chi connectivity index (χ0) is 11.9. The number of nitrogens with one attached hydrogen (secondary N) is 1. The Hall–Kier alpha value is -0.380. The molecule has 1 atom stereocenters. The van der Waals surface area contributed by atoms with Crippen LogP contribution in [0.4, 0.5) is 0 Å². The molecule has 1 N–H and O–H groups in total. The second-order valence-electron chi connectivity index (χ2n) is 4.85. The molecule has 0 aromatic carbocycles.